The zero-order valence-electron chi connectivity index (χ0n) is 12.2. The van der Waals surface area contributed by atoms with Crippen LogP contribution < -0.4 is 10.2 Å². The summed E-state index contributed by atoms with van der Waals surface area (Å²) < 4.78 is 0. The second kappa shape index (κ2) is 6.35. The van der Waals surface area contributed by atoms with Gasteiger partial charge in [0.25, 0.3) is 0 Å². The summed E-state index contributed by atoms with van der Waals surface area (Å²) in [4.78, 5) is 6.74. The summed E-state index contributed by atoms with van der Waals surface area (Å²) in [7, 11) is 0. The molecule has 1 unspecified atom stereocenters. The van der Waals surface area contributed by atoms with Gasteiger partial charge in [0, 0.05) is 25.8 Å². The second-order valence-corrected chi connectivity index (χ2v) is 5.90. The lowest BCUT2D eigenvalue weighted by Crippen LogP contribution is -2.23. The Bertz CT molecular complexity index is 420. The van der Waals surface area contributed by atoms with E-state index in [1.54, 1.807) is 0 Å². The summed E-state index contributed by atoms with van der Waals surface area (Å²) in [6.45, 7) is 10.0. The summed E-state index contributed by atoms with van der Waals surface area (Å²) in [5, 5.41) is 13.0. The molecule has 1 aromatic rings. The van der Waals surface area contributed by atoms with E-state index in [9.17, 15) is 5.11 Å². The maximum atomic E-state index is 9.60. The number of β-amino-alcohol motifs (C(OH)–C–C–N with tert-alkyl or cyclic N) is 1. The average molecular weight is 263 g/mol. The first-order chi connectivity index (χ1) is 9.06. The van der Waals surface area contributed by atoms with Gasteiger partial charge in [-0.2, -0.15) is 0 Å². The topological polar surface area (TPSA) is 48.4 Å². The normalized spacial score (nSPS) is 19.4. The summed E-state index contributed by atoms with van der Waals surface area (Å²) in [6.07, 6.45) is 2.59. The predicted octanol–water partition coefficient (Wildman–Crippen LogP) is 1.71. The summed E-state index contributed by atoms with van der Waals surface area (Å²) in [5.41, 5.74) is 2.42. The molecule has 1 aliphatic rings. The highest BCUT2D eigenvalue weighted by atomic mass is 16.3. The molecule has 1 aliphatic heterocycles. The maximum absolute atomic E-state index is 9.60. The van der Waals surface area contributed by atoms with Gasteiger partial charge < -0.3 is 15.3 Å². The number of nitrogens with one attached hydrogen (secondary N) is 1. The molecule has 1 atom stereocenters. The Hall–Kier alpha value is -1.13. The van der Waals surface area contributed by atoms with Crippen LogP contribution in [0.1, 0.15) is 31.4 Å². The van der Waals surface area contributed by atoms with Gasteiger partial charge in [-0.15, -0.1) is 0 Å². The van der Waals surface area contributed by atoms with Gasteiger partial charge in [-0.1, -0.05) is 13.8 Å². The second-order valence-electron chi connectivity index (χ2n) is 5.90. The van der Waals surface area contributed by atoms with Crippen molar-refractivity contribution in [3.05, 3.63) is 23.4 Å². The van der Waals surface area contributed by atoms with Crippen LogP contribution in [-0.4, -0.2) is 35.8 Å². The van der Waals surface area contributed by atoms with Crippen molar-refractivity contribution >= 4 is 5.82 Å². The van der Waals surface area contributed by atoms with E-state index in [1.165, 1.54) is 11.1 Å². The van der Waals surface area contributed by atoms with E-state index in [4.69, 9.17) is 0 Å². The SMILES string of the molecule is Cc1cc(CNCC(C)C)cnc1N1CCC(O)C1. The zero-order chi connectivity index (χ0) is 13.8. The van der Waals surface area contributed by atoms with Crippen LogP contribution in [-0.2, 0) is 6.54 Å². The van der Waals surface area contributed by atoms with Crippen LogP contribution in [0.5, 0.6) is 0 Å². The molecule has 2 heterocycles. The minimum Gasteiger partial charge on any atom is -0.391 e. The molecule has 0 aliphatic carbocycles. The number of rotatable bonds is 5. The number of anilines is 1. The largest absolute Gasteiger partial charge is 0.391 e. The molecule has 2 rings (SSSR count). The van der Waals surface area contributed by atoms with Crippen molar-refractivity contribution in [1.82, 2.24) is 10.3 Å². The number of aromatic nitrogens is 1. The molecule has 106 valence electrons. The fourth-order valence-electron chi connectivity index (χ4n) is 2.49. The quantitative estimate of drug-likeness (QED) is 0.849. The molecule has 0 aromatic carbocycles. The first-order valence-corrected chi connectivity index (χ1v) is 7.15. The van der Waals surface area contributed by atoms with Crippen molar-refractivity contribution in [1.29, 1.82) is 0 Å². The monoisotopic (exact) mass is 263 g/mol. The summed E-state index contributed by atoms with van der Waals surface area (Å²) in [6, 6.07) is 2.19. The third-order valence-corrected chi connectivity index (χ3v) is 3.45. The van der Waals surface area contributed by atoms with Gasteiger partial charge in [-0.05, 0) is 43.0 Å². The van der Waals surface area contributed by atoms with E-state index in [0.29, 0.717) is 12.5 Å². The number of aliphatic hydroxyl groups is 1. The Morgan fingerprint density at radius 3 is 2.89 bits per heavy atom. The molecular weight excluding hydrogens is 238 g/mol. The van der Waals surface area contributed by atoms with Crippen LogP contribution in [0.15, 0.2) is 12.3 Å². The van der Waals surface area contributed by atoms with E-state index >= 15 is 0 Å². The number of aliphatic hydroxyl groups excluding tert-OH is 1. The standard InChI is InChI=1S/C15H25N3O/c1-11(2)7-16-8-13-6-12(3)15(17-9-13)18-5-4-14(19)10-18/h6,9,11,14,16,19H,4-5,7-8,10H2,1-3H3. The molecule has 0 radical (unpaired) electrons. The molecule has 19 heavy (non-hydrogen) atoms. The third kappa shape index (κ3) is 3.91. The number of hydrogen-bond donors (Lipinski definition) is 2. The number of hydrogen-bond acceptors (Lipinski definition) is 4. The van der Waals surface area contributed by atoms with Gasteiger partial charge in [0.2, 0.25) is 0 Å². The molecule has 0 saturated carbocycles. The lowest BCUT2D eigenvalue weighted by atomic mass is 10.2. The molecule has 4 nitrogen and oxygen atoms in total. The van der Waals surface area contributed by atoms with E-state index in [2.05, 4.69) is 42.0 Å². The highest BCUT2D eigenvalue weighted by molar-refractivity contribution is 5.48. The molecule has 2 N–H and O–H groups in total. The van der Waals surface area contributed by atoms with Gasteiger partial charge in [-0.25, -0.2) is 4.98 Å². The Morgan fingerprint density at radius 1 is 1.53 bits per heavy atom. The lowest BCUT2D eigenvalue weighted by molar-refractivity contribution is 0.198. The predicted molar refractivity (Wildman–Crippen MR) is 78.4 cm³/mol. The van der Waals surface area contributed by atoms with Crippen LogP contribution >= 0.6 is 0 Å². The van der Waals surface area contributed by atoms with E-state index < -0.39 is 0 Å². The summed E-state index contributed by atoms with van der Waals surface area (Å²) >= 11 is 0. The maximum Gasteiger partial charge on any atom is 0.131 e. The first-order valence-electron chi connectivity index (χ1n) is 7.15. The Labute approximate surface area is 115 Å². The fourth-order valence-corrected chi connectivity index (χ4v) is 2.49. The molecule has 1 fully saturated rings. The Kier molecular flexibility index (Phi) is 4.77. The van der Waals surface area contributed by atoms with E-state index in [0.717, 1.165) is 31.9 Å². The van der Waals surface area contributed by atoms with Crippen LogP contribution in [0, 0.1) is 12.8 Å². The first kappa shape index (κ1) is 14.3. The van der Waals surface area contributed by atoms with Gasteiger partial charge in [0.1, 0.15) is 5.82 Å². The Morgan fingerprint density at radius 2 is 2.32 bits per heavy atom. The molecule has 0 spiro atoms. The lowest BCUT2D eigenvalue weighted by Gasteiger charge is -2.19. The smallest absolute Gasteiger partial charge is 0.131 e. The van der Waals surface area contributed by atoms with Crippen molar-refractivity contribution < 1.29 is 5.11 Å². The van der Waals surface area contributed by atoms with Gasteiger partial charge in [0.15, 0.2) is 0 Å². The van der Waals surface area contributed by atoms with Crippen molar-refractivity contribution in [2.75, 3.05) is 24.5 Å². The Balaban J connectivity index is 1.97. The van der Waals surface area contributed by atoms with Crippen molar-refractivity contribution in [2.45, 2.75) is 39.8 Å². The van der Waals surface area contributed by atoms with Gasteiger partial charge in [0.05, 0.1) is 6.10 Å². The van der Waals surface area contributed by atoms with Crippen molar-refractivity contribution in [3.63, 3.8) is 0 Å². The number of pyridine rings is 1. The highest BCUT2D eigenvalue weighted by Crippen LogP contribution is 2.22. The molecule has 4 heteroatoms. The third-order valence-electron chi connectivity index (χ3n) is 3.45. The van der Waals surface area contributed by atoms with E-state index in [-0.39, 0.29) is 6.10 Å². The molecule has 0 amide bonds. The minimum absolute atomic E-state index is 0.200. The van der Waals surface area contributed by atoms with Crippen LogP contribution in [0.3, 0.4) is 0 Å². The van der Waals surface area contributed by atoms with Crippen LogP contribution in [0.2, 0.25) is 0 Å². The van der Waals surface area contributed by atoms with Crippen LogP contribution in [0.4, 0.5) is 5.82 Å². The number of nitrogens with zero attached hydrogens (tertiary/aromatic N) is 2. The minimum atomic E-state index is -0.200. The zero-order valence-corrected chi connectivity index (χ0v) is 12.2. The highest BCUT2D eigenvalue weighted by Gasteiger charge is 2.22. The molecule has 1 saturated heterocycles. The molecule has 0 bridgehead atoms. The fraction of sp³-hybridized carbons (Fsp3) is 0.667. The van der Waals surface area contributed by atoms with Gasteiger partial charge >= 0.3 is 0 Å². The van der Waals surface area contributed by atoms with Crippen LogP contribution in [0.25, 0.3) is 0 Å². The molecule has 1 aromatic heterocycles. The van der Waals surface area contributed by atoms with Crippen molar-refractivity contribution in [2.24, 2.45) is 5.92 Å². The molecular formula is C15H25N3O. The van der Waals surface area contributed by atoms with E-state index in [1.807, 2.05) is 6.20 Å². The number of aryl methyl sites for hydroxylation is 1. The van der Waals surface area contributed by atoms with Gasteiger partial charge in [-0.3, -0.25) is 0 Å². The summed E-state index contributed by atoms with van der Waals surface area (Å²) in [5.74, 6) is 1.68. The average Bonchev–Trinajstić information content (AvgIpc) is 2.75. The van der Waals surface area contributed by atoms with Crippen molar-refractivity contribution in [3.8, 4) is 0 Å².